The van der Waals surface area contributed by atoms with Crippen molar-refractivity contribution in [3.05, 3.63) is 41.7 Å². The Balaban J connectivity index is 2.38. The van der Waals surface area contributed by atoms with Gasteiger partial charge < -0.3 is 14.3 Å². The van der Waals surface area contributed by atoms with E-state index in [4.69, 9.17) is 14.3 Å². The van der Waals surface area contributed by atoms with Crippen LogP contribution in [0.5, 0.6) is 5.75 Å². The van der Waals surface area contributed by atoms with Gasteiger partial charge in [-0.05, 0) is 31.5 Å². The summed E-state index contributed by atoms with van der Waals surface area (Å²) in [6.45, 7) is 4.03. The highest BCUT2D eigenvalue weighted by atomic mass is 16.7. The lowest BCUT2D eigenvalue weighted by molar-refractivity contribution is -0.143. The number of ether oxygens (including phenoxy) is 2. The Morgan fingerprint density at radius 1 is 1.35 bits per heavy atom. The minimum absolute atomic E-state index is 0.332. The largest absolute Gasteiger partial charge is 0.497 e. The first kappa shape index (κ1) is 14.4. The van der Waals surface area contributed by atoms with Crippen molar-refractivity contribution in [2.24, 2.45) is 0 Å². The second kappa shape index (κ2) is 5.54. The highest BCUT2D eigenvalue weighted by Crippen LogP contribution is 2.40. The summed E-state index contributed by atoms with van der Waals surface area (Å²) in [5.41, 5.74) is 0.725. The van der Waals surface area contributed by atoms with Crippen LogP contribution in [-0.2, 0) is 19.9 Å². The quantitative estimate of drug-likeness (QED) is 0.790. The van der Waals surface area contributed by atoms with Crippen molar-refractivity contribution in [1.82, 2.24) is 5.06 Å². The van der Waals surface area contributed by atoms with Gasteiger partial charge >= 0.3 is 5.97 Å². The third-order valence-corrected chi connectivity index (χ3v) is 3.63. The van der Waals surface area contributed by atoms with Gasteiger partial charge in [-0.2, -0.15) is 0 Å². The SMILES string of the molecule is CCOC(=O)C1=CON(C)C1(C)c1ccc(OC)cc1. The first-order valence-corrected chi connectivity index (χ1v) is 6.47. The van der Waals surface area contributed by atoms with Gasteiger partial charge in [0, 0.05) is 7.05 Å². The van der Waals surface area contributed by atoms with E-state index < -0.39 is 5.54 Å². The number of hydrogen-bond acceptors (Lipinski definition) is 5. The molecule has 0 bridgehead atoms. The number of carbonyl (C=O) groups excluding carboxylic acids is 1. The van der Waals surface area contributed by atoms with E-state index in [2.05, 4.69) is 0 Å². The molecule has 0 N–H and O–H groups in total. The van der Waals surface area contributed by atoms with Gasteiger partial charge in [-0.3, -0.25) is 0 Å². The third kappa shape index (κ3) is 2.25. The van der Waals surface area contributed by atoms with Gasteiger partial charge in [0.25, 0.3) is 0 Å². The molecule has 2 rings (SSSR count). The van der Waals surface area contributed by atoms with Crippen LogP contribution in [-0.4, -0.2) is 31.8 Å². The van der Waals surface area contributed by atoms with Gasteiger partial charge in [-0.15, -0.1) is 5.06 Å². The average molecular weight is 277 g/mol. The maximum atomic E-state index is 12.1. The molecule has 20 heavy (non-hydrogen) atoms. The molecule has 5 nitrogen and oxygen atoms in total. The fourth-order valence-electron chi connectivity index (χ4n) is 2.23. The summed E-state index contributed by atoms with van der Waals surface area (Å²) in [7, 11) is 3.40. The molecule has 0 saturated heterocycles. The number of hydrogen-bond donors (Lipinski definition) is 0. The van der Waals surface area contributed by atoms with Gasteiger partial charge in [0.05, 0.1) is 13.7 Å². The average Bonchev–Trinajstić information content (AvgIpc) is 2.76. The Labute approximate surface area is 118 Å². The zero-order chi connectivity index (χ0) is 14.8. The van der Waals surface area contributed by atoms with Crippen LogP contribution in [0.1, 0.15) is 19.4 Å². The van der Waals surface area contributed by atoms with Gasteiger partial charge in [0.1, 0.15) is 23.1 Å². The first-order valence-electron chi connectivity index (χ1n) is 6.47. The molecule has 0 fully saturated rings. The molecule has 0 radical (unpaired) electrons. The molecule has 0 spiro atoms. The molecule has 1 aromatic rings. The second-order valence-electron chi connectivity index (χ2n) is 4.66. The van der Waals surface area contributed by atoms with Crippen molar-refractivity contribution in [1.29, 1.82) is 0 Å². The topological polar surface area (TPSA) is 48.0 Å². The number of methoxy groups -OCH3 is 1. The summed E-state index contributed by atoms with van der Waals surface area (Å²) in [6.07, 6.45) is 1.45. The first-order chi connectivity index (χ1) is 9.53. The third-order valence-electron chi connectivity index (χ3n) is 3.63. The van der Waals surface area contributed by atoms with E-state index in [1.807, 2.05) is 31.2 Å². The molecular weight excluding hydrogens is 258 g/mol. The molecule has 1 unspecified atom stereocenters. The van der Waals surface area contributed by atoms with Crippen molar-refractivity contribution in [3.63, 3.8) is 0 Å². The molecule has 1 aliphatic rings. The van der Waals surface area contributed by atoms with Crippen LogP contribution in [0.4, 0.5) is 0 Å². The van der Waals surface area contributed by atoms with E-state index >= 15 is 0 Å². The highest BCUT2D eigenvalue weighted by Gasteiger charge is 2.45. The van der Waals surface area contributed by atoms with Gasteiger partial charge in [0.2, 0.25) is 0 Å². The van der Waals surface area contributed by atoms with E-state index in [-0.39, 0.29) is 5.97 Å². The van der Waals surface area contributed by atoms with Gasteiger partial charge in [0.15, 0.2) is 0 Å². The van der Waals surface area contributed by atoms with Crippen molar-refractivity contribution in [2.75, 3.05) is 20.8 Å². The fourth-order valence-corrected chi connectivity index (χ4v) is 2.23. The minimum Gasteiger partial charge on any atom is -0.497 e. The maximum absolute atomic E-state index is 12.1. The molecule has 1 atom stereocenters. The van der Waals surface area contributed by atoms with Crippen molar-refractivity contribution in [3.8, 4) is 5.75 Å². The zero-order valence-electron chi connectivity index (χ0n) is 12.2. The smallest absolute Gasteiger partial charge is 0.339 e. The molecule has 0 aromatic heterocycles. The molecule has 0 saturated carbocycles. The Hall–Kier alpha value is -2.01. The lowest BCUT2D eigenvalue weighted by Crippen LogP contribution is -2.40. The number of hydroxylamine groups is 2. The number of likely N-dealkylation sites (N-methyl/N-ethyl adjacent to an activating group) is 1. The Kier molecular flexibility index (Phi) is 3.99. The second-order valence-corrected chi connectivity index (χ2v) is 4.66. The van der Waals surface area contributed by atoms with E-state index in [1.165, 1.54) is 6.26 Å². The Morgan fingerprint density at radius 3 is 2.55 bits per heavy atom. The van der Waals surface area contributed by atoms with E-state index in [1.54, 1.807) is 26.1 Å². The van der Waals surface area contributed by atoms with Crippen LogP contribution in [0, 0.1) is 0 Å². The molecule has 5 heteroatoms. The molecule has 108 valence electrons. The van der Waals surface area contributed by atoms with Crippen molar-refractivity contribution >= 4 is 5.97 Å². The summed E-state index contributed by atoms with van der Waals surface area (Å²) in [4.78, 5) is 17.5. The molecule has 0 aliphatic carbocycles. The highest BCUT2D eigenvalue weighted by molar-refractivity contribution is 5.91. The van der Waals surface area contributed by atoms with Crippen LogP contribution in [0.3, 0.4) is 0 Å². The maximum Gasteiger partial charge on any atom is 0.339 e. The number of nitrogens with zero attached hydrogens (tertiary/aromatic N) is 1. The zero-order valence-corrected chi connectivity index (χ0v) is 12.2. The van der Waals surface area contributed by atoms with Crippen LogP contribution >= 0.6 is 0 Å². The summed E-state index contributed by atoms with van der Waals surface area (Å²) in [6, 6.07) is 7.54. The lowest BCUT2D eigenvalue weighted by atomic mass is 9.85. The molecule has 0 amide bonds. The number of esters is 1. The number of benzene rings is 1. The standard InChI is InChI=1S/C15H19NO4/c1-5-19-14(17)13-10-20-16(3)15(13,2)11-6-8-12(18-4)9-7-11/h6-10H,5H2,1-4H3. The fraction of sp³-hybridized carbons (Fsp3) is 0.400. The number of carbonyl (C=O) groups is 1. The molecule has 1 aliphatic heterocycles. The molecule has 1 aromatic carbocycles. The van der Waals surface area contributed by atoms with Gasteiger partial charge in [-0.25, -0.2) is 4.79 Å². The lowest BCUT2D eigenvalue weighted by Gasteiger charge is -2.32. The monoisotopic (exact) mass is 277 g/mol. The molecular formula is C15H19NO4. The predicted octanol–water partition coefficient (Wildman–Crippen LogP) is 2.23. The summed E-state index contributed by atoms with van der Waals surface area (Å²) in [5.74, 6) is 0.399. The van der Waals surface area contributed by atoms with Crippen LogP contribution in [0.15, 0.2) is 36.1 Å². The van der Waals surface area contributed by atoms with E-state index in [0.29, 0.717) is 12.2 Å². The van der Waals surface area contributed by atoms with Gasteiger partial charge in [-0.1, -0.05) is 12.1 Å². The minimum atomic E-state index is -0.682. The normalized spacial score (nSPS) is 22.1. The van der Waals surface area contributed by atoms with Crippen LogP contribution < -0.4 is 4.74 Å². The predicted molar refractivity (Wildman–Crippen MR) is 73.9 cm³/mol. The Morgan fingerprint density at radius 2 is 2.00 bits per heavy atom. The summed E-state index contributed by atoms with van der Waals surface area (Å²) >= 11 is 0. The van der Waals surface area contributed by atoms with Crippen molar-refractivity contribution < 1.29 is 19.1 Å². The molecule has 1 heterocycles. The van der Waals surface area contributed by atoms with E-state index in [9.17, 15) is 4.79 Å². The van der Waals surface area contributed by atoms with Crippen molar-refractivity contribution in [2.45, 2.75) is 19.4 Å². The summed E-state index contributed by atoms with van der Waals surface area (Å²) in [5, 5.41) is 1.64. The van der Waals surface area contributed by atoms with Crippen LogP contribution in [0.2, 0.25) is 0 Å². The summed E-state index contributed by atoms with van der Waals surface area (Å²) < 4.78 is 10.3. The van der Waals surface area contributed by atoms with E-state index in [0.717, 1.165) is 11.3 Å². The number of rotatable bonds is 4. The van der Waals surface area contributed by atoms with Crippen LogP contribution in [0.25, 0.3) is 0 Å². The Bertz CT molecular complexity index is 523.